The van der Waals surface area contributed by atoms with E-state index in [1.54, 1.807) is 30.3 Å². The summed E-state index contributed by atoms with van der Waals surface area (Å²) in [6, 6.07) is 8.43. The Bertz CT molecular complexity index is 1030. The first kappa shape index (κ1) is 19.6. The fourth-order valence-electron chi connectivity index (χ4n) is 2.61. The van der Waals surface area contributed by atoms with E-state index in [1.807, 2.05) is 6.92 Å². The average molecular weight is 390 g/mol. The molecule has 1 amide bonds. The monoisotopic (exact) mass is 390 g/mol. The molecule has 2 heterocycles. The van der Waals surface area contributed by atoms with Crippen LogP contribution in [0.5, 0.6) is 0 Å². The molecule has 3 aromatic rings. The van der Waals surface area contributed by atoms with E-state index < -0.39 is 18.7 Å². The van der Waals surface area contributed by atoms with Crippen LogP contribution < -0.4 is 5.32 Å². The van der Waals surface area contributed by atoms with Gasteiger partial charge in [0.25, 0.3) is 5.91 Å². The molecule has 0 atom stereocenters. The first-order valence-corrected chi connectivity index (χ1v) is 8.30. The maximum Gasteiger partial charge on any atom is 0.411 e. The standard InChI is InChI=1S/C19H17F3N4O2/c1-12-2-3-13(7-23)6-15(12)25-18(27)16-8-24-17-5-4-14(9-26(16)17)10-28-11-19(20,21)22/h2-9,23H,10-11H2,1H3,(H,25,27). The van der Waals surface area contributed by atoms with E-state index in [4.69, 9.17) is 5.41 Å². The zero-order valence-electron chi connectivity index (χ0n) is 14.9. The van der Waals surface area contributed by atoms with Crippen LogP contribution in [0.3, 0.4) is 0 Å². The Kier molecular flexibility index (Phi) is 5.46. The number of fused-ring (bicyclic) bond motifs is 1. The van der Waals surface area contributed by atoms with Gasteiger partial charge in [0.05, 0.1) is 12.8 Å². The van der Waals surface area contributed by atoms with Crippen molar-refractivity contribution in [1.29, 1.82) is 5.41 Å². The lowest BCUT2D eigenvalue weighted by Crippen LogP contribution is -2.17. The van der Waals surface area contributed by atoms with Gasteiger partial charge < -0.3 is 15.5 Å². The molecule has 0 radical (unpaired) electrons. The van der Waals surface area contributed by atoms with Gasteiger partial charge in [-0.25, -0.2) is 4.98 Å². The number of anilines is 1. The number of alkyl halides is 3. The molecule has 9 heteroatoms. The molecule has 6 nitrogen and oxygen atoms in total. The number of imidazole rings is 1. The number of nitrogens with one attached hydrogen (secondary N) is 2. The molecule has 1 aromatic carbocycles. The highest BCUT2D eigenvalue weighted by Crippen LogP contribution is 2.19. The van der Waals surface area contributed by atoms with Gasteiger partial charge in [-0.2, -0.15) is 13.2 Å². The maximum atomic E-state index is 12.7. The molecule has 0 fully saturated rings. The van der Waals surface area contributed by atoms with Gasteiger partial charge in [-0.1, -0.05) is 18.2 Å². The topological polar surface area (TPSA) is 79.5 Å². The Morgan fingerprint density at radius 3 is 2.82 bits per heavy atom. The molecule has 0 bridgehead atoms. The minimum absolute atomic E-state index is 0.229. The van der Waals surface area contributed by atoms with E-state index in [-0.39, 0.29) is 12.3 Å². The third-order valence-electron chi connectivity index (χ3n) is 4.01. The van der Waals surface area contributed by atoms with Crippen molar-refractivity contribution < 1.29 is 22.7 Å². The van der Waals surface area contributed by atoms with E-state index >= 15 is 0 Å². The average Bonchev–Trinajstić information content (AvgIpc) is 3.06. The highest BCUT2D eigenvalue weighted by atomic mass is 19.4. The first-order chi connectivity index (χ1) is 13.3. The van der Waals surface area contributed by atoms with E-state index in [9.17, 15) is 18.0 Å². The minimum Gasteiger partial charge on any atom is -0.367 e. The van der Waals surface area contributed by atoms with Crippen LogP contribution in [-0.2, 0) is 11.3 Å². The molecule has 0 aliphatic carbocycles. The molecule has 0 unspecified atom stereocenters. The highest BCUT2D eigenvalue weighted by Gasteiger charge is 2.27. The van der Waals surface area contributed by atoms with Gasteiger partial charge in [0.15, 0.2) is 0 Å². The smallest absolute Gasteiger partial charge is 0.367 e. The molecule has 0 saturated carbocycles. The number of rotatable bonds is 6. The first-order valence-electron chi connectivity index (χ1n) is 8.30. The number of aromatic nitrogens is 2. The second-order valence-electron chi connectivity index (χ2n) is 6.19. The van der Waals surface area contributed by atoms with Crippen molar-refractivity contribution in [1.82, 2.24) is 9.38 Å². The van der Waals surface area contributed by atoms with E-state index in [0.717, 1.165) is 5.56 Å². The van der Waals surface area contributed by atoms with Gasteiger partial charge in [0, 0.05) is 18.1 Å². The molecule has 2 N–H and O–H groups in total. The van der Waals surface area contributed by atoms with Gasteiger partial charge in [-0.15, -0.1) is 0 Å². The van der Waals surface area contributed by atoms with Crippen LogP contribution in [0.25, 0.3) is 5.65 Å². The number of nitrogens with zero attached hydrogens (tertiary/aromatic N) is 2. The van der Waals surface area contributed by atoms with E-state index in [1.165, 1.54) is 23.0 Å². The predicted molar refractivity (Wildman–Crippen MR) is 97.9 cm³/mol. The van der Waals surface area contributed by atoms with Crippen LogP contribution in [-0.4, -0.2) is 34.3 Å². The van der Waals surface area contributed by atoms with Crippen molar-refractivity contribution in [2.24, 2.45) is 0 Å². The minimum atomic E-state index is -4.40. The number of pyridine rings is 1. The Morgan fingerprint density at radius 2 is 2.11 bits per heavy atom. The molecular weight excluding hydrogens is 373 g/mol. The molecular formula is C19H17F3N4O2. The van der Waals surface area contributed by atoms with Gasteiger partial charge >= 0.3 is 6.18 Å². The maximum absolute atomic E-state index is 12.7. The second-order valence-corrected chi connectivity index (χ2v) is 6.19. The number of carbonyl (C=O) groups is 1. The summed E-state index contributed by atoms with van der Waals surface area (Å²) in [5.41, 5.74) is 3.22. The fraction of sp³-hybridized carbons (Fsp3) is 0.211. The molecule has 2 aromatic heterocycles. The van der Waals surface area contributed by atoms with Crippen molar-refractivity contribution in [3.05, 3.63) is 65.1 Å². The van der Waals surface area contributed by atoms with Gasteiger partial charge in [-0.3, -0.25) is 9.20 Å². The van der Waals surface area contributed by atoms with Crippen molar-refractivity contribution in [3.63, 3.8) is 0 Å². The number of aryl methyl sites for hydroxylation is 1. The number of benzene rings is 1. The summed E-state index contributed by atoms with van der Waals surface area (Å²) >= 11 is 0. The van der Waals surface area contributed by atoms with Crippen LogP contribution in [0.4, 0.5) is 18.9 Å². The Morgan fingerprint density at radius 1 is 1.32 bits per heavy atom. The Balaban J connectivity index is 1.81. The predicted octanol–water partition coefficient (Wildman–Crippen LogP) is 3.97. The molecule has 0 saturated heterocycles. The van der Waals surface area contributed by atoms with Crippen LogP contribution in [0.2, 0.25) is 0 Å². The molecule has 28 heavy (non-hydrogen) atoms. The Labute approximate surface area is 158 Å². The number of hydrogen-bond acceptors (Lipinski definition) is 4. The zero-order valence-corrected chi connectivity index (χ0v) is 14.9. The SMILES string of the molecule is Cc1ccc(C=N)cc1NC(=O)c1cnc2ccc(COCC(F)(F)F)cn12. The summed E-state index contributed by atoms with van der Waals surface area (Å²) in [4.78, 5) is 16.8. The number of amides is 1. The normalized spacial score (nSPS) is 11.6. The van der Waals surface area contributed by atoms with Crippen molar-refractivity contribution >= 4 is 23.5 Å². The molecule has 0 aliphatic rings. The lowest BCUT2D eigenvalue weighted by atomic mass is 10.1. The fourth-order valence-corrected chi connectivity index (χ4v) is 2.61. The summed E-state index contributed by atoms with van der Waals surface area (Å²) in [5, 5.41) is 10.1. The number of ether oxygens (including phenoxy) is 1. The van der Waals surface area contributed by atoms with Crippen LogP contribution in [0.15, 0.2) is 42.7 Å². The lowest BCUT2D eigenvalue weighted by Gasteiger charge is -2.10. The van der Waals surface area contributed by atoms with Crippen molar-refractivity contribution in [2.45, 2.75) is 19.7 Å². The van der Waals surface area contributed by atoms with E-state index in [2.05, 4.69) is 15.0 Å². The summed E-state index contributed by atoms with van der Waals surface area (Å²) in [5.74, 6) is -0.425. The molecule has 0 spiro atoms. The molecule has 146 valence electrons. The largest absolute Gasteiger partial charge is 0.411 e. The second kappa shape index (κ2) is 7.81. The third kappa shape index (κ3) is 4.55. The van der Waals surface area contributed by atoms with Crippen molar-refractivity contribution in [2.75, 3.05) is 11.9 Å². The van der Waals surface area contributed by atoms with Gasteiger partial charge in [-0.05, 0) is 35.7 Å². The zero-order chi connectivity index (χ0) is 20.3. The van der Waals surface area contributed by atoms with Gasteiger partial charge in [0.2, 0.25) is 0 Å². The molecule has 0 aliphatic heterocycles. The summed E-state index contributed by atoms with van der Waals surface area (Å²) in [7, 11) is 0. The third-order valence-corrected chi connectivity index (χ3v) is 4.01. The van der Waals surface area contributed by atoms with Crippen molar-refractivity contribution in [3.8, 4) is 0 Å². The summed E-state index contributed by atoms with van der Waals surface area (Å²) < 4.78 is 42.8. The van der Waals surface area contributed by atoms with Crippen LogP contribution in [0.1, 0.15) is 27.2 Å². The number of hydrogen-bond donors (Lipinski definition) is 2. The van der Waals surface area contributed by atoms with Gasteiger partial charge in [0.1, 0.15) is 17.9 Å². The quantitative estimate of drug-likeness (QED) is 0.625. The van der Waals surface area contributed by atoms with E-state index in [0.29, 0.717) is 22.5 Å². The number of halogens is 3. The molecule has 3 rings (SSSR count). The van der Waals surface area contributed by atoms with Crippen LogP contribution in [0, 0.1) is 12.3 Å². The summed E-state index contributed by atoms with van der Waals surface area (Å²) in [6.45, 7) is 0.244. The summed E-state index contributed by atoms with van der Waals surface area (Å²) in [6.07, 6.45) is -0.307. The highest BCUT2D eigenvalue weighted by molar-refractivity contribution is 6.04. The Hall–Kier alpha value is -3.20. The number of carbonyl (C=O) groups excluding carboxylic acids is 1. The lowest BCUT2D eigenvalue weighted by molar-refractivity contribution is -0.176. The van der Waals surface area contributed by atoms with Crippen LogP contribution >= 0.6 is 0 Å².